The van der Waals surface area contributed by atoms with Crippen molar-refractivity contribution in [1.29, 1.82) is 5.26 Å². The fourth-order valence-electron chi connectivity index (χ4n) is 3.83. The molecule has 3 aromatic heterocycles. The minimum Gasteiger partial charge on any atom is -0.394 e. The van der Waals surface area contributed by atoms with Gasteiger partial charge in [0, 0.05) is 11.8 Å². The molecule has 0 aliphatic heterocycles. The van der Waals surface area contributed by atoms with Crippen LogP contribution in [0.25, 0.3) is 22.3 Å². The number of nitrogens with zero attached hydrogens (tertiary/aromatic N) is 5. The summed E-state index contributed by atoms with van der Waals surface area (Å²) in [5, 5.41) is 31.6. The van der Waals surface area contributed by atoms with Crippen molar-refractivity contribution in [2.24, 2.45) is 0 Å². The maximum Gasteiger partial charge on any atom is 0.132 e. The molecule has 1 aliphatic rings. The Labute approximate surface area is 184 Å². The van der Waals surface area contributed by atoms with Gasteiger partial charge in [-0.3, -0.25) is 0 Å². The Morgan fingerprint density at radius 1 is 1.06 bits per heavy atom. The molecule has 0 saturated heterocycles. The monoisotopic (exact) mass is 426 g/mol. The average Bonchev–Trinajstić information content (AvgIpc) is 3.60. The van der Waals surface area contributed by atoms with E-state index in [0.717, 1.165) is 35.1 Å². The highest BCUT2D eigenvalue weighted by Gasteiger charge is 2.25. The fraction of sp³-hybridized carbons (Fsp3) is 0.250. The van der Waals surface area contributed by atoms with E-state index in [2.05, 4.69) is 27.4 Å². The molecule has 0 spiro atoms. The summed E-state index contributed by atoms with van der Waals surface area (Å²) in [6, 6.07) is 15.1. The quantitative estimate of drug-likeness (QED) is 0.414. The van der Waals surface area contributed by atoms with Gasteiger partial charge in [-0.15, -0.1) is 0 Å². The van der Waals surface area contributed by atoms with Crippen molar-refractivity contribution in [2.45, 2.75) is 24.8 Å². The van der Waals surface area contributed by atoms with Crippen molar-refractivity contribution in [2.75, 3.05) is 18.5 Å². The molecule has 0 radical (unpaired) electrons. The Balaban J connectivity index is 1.56. The van der Waals surface area contributed by atoms with E-state index in [0.29, 0.717) is 23.1 Å². The predicted octanol–water partition coefficient (Wildman–Crippen LogP) is 3.51. The van der Waals surface area contributed by atoms with E-state index in [4.69, 9.17) is 10.2 Å². The maximum absolute atomic E-state index is 9.61. The van der Waals surface area contributed by atoms with Crippen LogP contribution in [0, 0.1) is 11.3 Å². The number of nitriles is 1. The topological polar surface area (TPSA) is 120 Å². The van der Waals surface area contributed by atoms with Gasteiger partial charge in [0.2, 0.25) is 0 Å². The van der Waals surface area contributed by atoms with Crippen molar-refractivity contribution >= 4 is 22.7 Å². The summed E-state index contributed by atoms with van der Waals surface area (Å²) in [7, 11) is 0. The number of rotatable bonds is 7. The minimum atomic E-state index is -0.447. The number of imidazole rings is 1. The van der Waals surface area contributed by atoms with Gasteiger partial charge in [0.15, 0.2) is 0 Å². The van der Waals surface area contributed by atoms with Gasteiger partial charge in [0.05, 0.1) is 53.9 Å². The molecule has 1 saturated carbocycles. The zero-order chi connectivity index (χ0) is 22.1. The van der Waals surface area contributed by atoms with Crippen LogP contribution in [0.3, 0.4) is 0 Å². The molecule has 1 aromatic carbocycles. The number of hydrogen-bond acceptors (Lipinski definition) is 7. The molecule has 5 rings (SSSR count). The third kappa shape index (κ3) is 3.91. The van der Waals surface area contributed by atoms with Crippen LogP contribution in [-0.4, -0.2) is 42.9 Å². The highest BCUT2D eigenvalue weighted by molar-refractivity contribution is 5.82. The molecule has 0 atom stereocenters. The first-order chi connectivity index (χ1) is 15.7. The highest BCUT2D eigenvalue weighted by atomic mass is 16.3. The van der Waals surface area contributed by atoms with Gasteiger partial charge >= 0.3 is 0 Å². The van der Waals surface area contributed by atoms with Crippen molar-refractivity contribution in [1.82, 2.24) is 19.5 Å². The van der Waals surface area contributed by atoms with E-state index in [1.54, 1.807) is 29.2 Å². The van der Waals surface area contributed by atoms with Crippen molar-refractivity contribution < 1.29 is 10.2 Å². The lowest BCUT2D eigenvalue weighted by Crippen LogP contribution is -2.16. The Hall–Kier alpha value is -3.80. The first-order valence-electron chi connectivity index (χ1n) is 10.5. The summed E-state index contributed by atoms with van der Waals surface area (Å²) in [5.74, 6) is 1.76. The molecule has 160 valence electrons. The number of hydrogen-bond donors (Lipinski definition) is 3. The molecule has 8 heteroatoms. The number of nitrogens with one attached hydrogen (secondary N) is 1. The lowest BCUT2D eigenvalue weighted by Gasteiger charge is -2.14. The SMILES string of the molecule is N#Cc1ccnc(Nc2cc(C3CC3)cc(-c3ccc4ncn(C(CO)CO)c4c3)n2)c1. The summed E-state index contributed by atoms with van der Waals surface area (Å²) in [6.07, 6.45) is 5.55. The lowest BCUT2D eigenvalue weighted by molar-refractivity contribution is 0.157. The molecule has 0 amide bonds. The Morgan fingerprint density at radius 3 is 2.66 bits per heavy atom. The second kappa shape index (κ2) is 8.38. The van der Waals surface area contributed by atoms with E-state index < -0.39 is 6.04 Å². The van der Waals surface area contributed by atoms with Gasteiger partial charge in [-0.1, -0.05) is 6.07 Å². The summed E-state index contributed by atoms with van der Waals surface area (Å²) in [6.45, 7) is -0.352. The molecule has 8 nitrogen and oxygen atoms in total. The molecule has 3 N–H and O–H groups in total. The summed E-state index contributed by atoms with van der Waals surface area (Å²) < 4.78 is 1.79. The Morgan fingerprint density at radius 2 is 1.91 bits per heavy atom. The van der Waals surface area contributed by atoms with Crippen molar-refractivity contribution in [3.8, 4) is 17.3 Å². The van der Waals surface area contributed by atoms with E-state index in [1.165, 1.54) is 5.56 Å². The minimum absolute atomic E-state index is 0.176. The third-order valence-electron chi connectivity index (χ3n) is 5.73. The van der Waals surface area contributed by atoms with Gasteiger partial charge in [-0.05, 0) is 60.7 Å². The standard InChI is InChI=1S/C24H22N6O2/c25-11-15-5-6-26-23(7-15)29-24-10-18(16-1-2-16)8-21(28-24)17-3-4-20-22(9-17)30(14-27-20)19(12-31)13-32/h3-10,14,16,19,31-32H,1-2,12-13H2,(H,26,28,29). The summed E-state index contributed by atoms with van der Waals surface area (Å²) >= 11 is 0. The summed E-state index contributed by atoms with van der Waals surface area (Å²) in [4.78, 5) is 13.5. The van der Waals surface area contributed by atoms with Gasteiger partial charge in [-0.25, -0.2) is 15.0 Å². The highest BCUT2D eigenvalue weighted by Crippen LogP contribution is 2.42. The number of pyridine rings is 2. The van der Waals surface area contributed by atoms with Crippen LogP contribution >= 0.6 is 0 Å². The van der Waals surface area contributed by atoms with E-state index in [1.807, 2.05) is 24.3 Å². The number of anilines is 2. The zero-order valence-corrected chi connectivity index (χ0v) is 17.3. The Bertz CT molecular complexity index is 1320. The number of benzene rings is 1. The number of aliphatic hydroxyl groups is 2. The van der Waals surface area contributed by atoms with Crippen molar-refractivity contribution in [3.63, 3.8) is 0 Å². The molecule has 32 heavy (non-hydrogen) atoms. The fourth-order valence-corrected chi connectivity index (χ4v) is 3.83. The van der Waals surface area contributed by atoms with Crippen LogP contribution in [0.4, 0.5) is 11.6 Å². The zero-order valence-electron chi connectivity index (χ0n) is 17.3. The van der Waals surface area contributed by atoms with E-state index in [9.17, 15) is 10.2 Å². The van der Waals surface area contributed by atoms with Gasteiger partial charge < -0.3 is 20.1 Å². The maximum atomic E-state index is 9.61. The van der Waals surface area contributed by atoms with E-state index in [-0.39, 0.29) is 13.2 Å². The second-order valence-corrected chi connectivity index (χ2v) is 7.99. The smallest absolute Gasteiger partial charge is 0.132 e. The molecule has 0 unspecified atom stereocenters. The first kappa shape index (κ1) is 20.1. The normalized spacial score (nSPS) is 13.4. The van der Waals surface area contributed by atoms with Crippen LogP contribution in [0.5, 0.6) is 0 Å². The molecule has 3 heterocycles. The average molecular weight is 426 g/mol. The molecule has 1 aliphatic carbocycles. The molecular formula is C24H22N6O2. The van der Waals surface area contributed by atoms with Crippen LogP contribution in [-0.2, 0) is 0 Å². The lowest BCUT2D eigenvalue weighted by atomic mass is 10.1. The number of aromatic nitrogens is 4. The largest absolute Gasteiger partial charge is 0.394 e. The molecular weight excluding hydrogens is 404 g/mol. The number of aliphatic hydroxyl groups excluding tert-OH is 2. The van der Waals surface area contributed by atoms with Crippen LogP contribution in [0.2, 0.25) is 0 Å². The molecule has 4 aromatic rings. The summed E-state index contributed by atoms with van der Waals surface area (Å²) in [5.41, 5.74) is 5.08. The number of fused-ring (bicyclic) bond motifs is 1. The van der Waals surface area contributed by atoms with Crippen LogP contribution in [0.15, 0.2) is 55.0 Å². The van der Waals surface area contributed by atoms with Crippen LogP contribution in [0.1, 0.15) is 35.9 Å². The van der Waals surface area contributed by atoms with Gasteiger partial charge in [-0.2, -0.15) is 5.26 Å². The Kier molecular flexibility index (Phi) is 5.27. The predicted molar refractivity (Wildman–Crippen MR) is 120 cm³/mol. The third-order valence-corrected chi connectivity index (χ3v) is 5.73. The molecule has 0 bridgehead atoms. The van der Waals surface area contributed by atoms with E-state index >= 15 is 0 Å². The molecule has 1 fully saturated rings. The second-order valence-electron chi connectivity index (χ2n) is 7.99. The first-order valence-corrected chi connectivity index (χ1v) is 10.5. The van der Waals surface area contributed by atoms with Gasteiger partial charge in [0.1, 0.15) is 11.6 Å². The van der Waals surface area contributed by atoms with Crippen LogP contribution < -0.4 is 5.32 Å². The van der Waals surface area contributed by atoms with Gasteiger partial charge in [0.25, 0.3) is 0 Å². The van der Waals surface area contributed by atoms with Crippen molar-refractivity contribution in [3.05, 3.63) is 66.1 Å².